The second kappa shape index (κ2) is 5.43. The molecule has 0 unspecified atom stereocenters. The predicted molar refractivity (Wildman–Crippen MR) is 85.2 cm³/mol. The fourth-order valence-corrected chi connectivity index (χ4v) is 2.92. The van der Waals surface area contributed by atoms with Crippen LogP contribution in [0.4, 0.5) is 0 Å². The number of H-pyrrole nitrogens is 1. The van der Waals surface area contributed by atoms with E-state index < -0.39 is 0 Å². The normalized spacial score (nSPS) is 11.6. The summed E-state index contributed by atoms with van der Waals surface area (Å²) in [6, 6.07) is 9.85. The van der Waals surface area contributed by atoms with Crippen LogP contribution in [0.3, 0.4) is 0 Å². The predicted octanol–water partition coefficient (Wildman–Crippen LogP) is 4.01. The first-order valence-electron chi connectivity index (χ1n) is 6.41. The van der Waals surface area contributed by atoms with Gasteiger partial charge in [-0.3, -0.25) is 0 Å². The number of allylic oxidation sites excluding steroid dienone is 1. The Bertz CT molecular complexity index is 867. The molecule has 3 rings (SSSR count). The number of nitrogens with zero attached hydrogens (tertiary/aromatic N) is 2. The molecule has 21 heavy (non-hydrogen) atoms. The summed E-state index contributed by atoms with van der Waals surface area (Å²) in [5.41, 5.74) is 3.35. The summed E-state index contributed by atoms with van der Waals surface area (Å²) in [7, 11) is 1.62. The molecule has 0 saturated carbocycles. The van der Waals surface area contributed by atoms with Gasteiger partial charge in [-0.25, -0.2) is 4.98 Å². The minimum atomic E-state index is 0.524. The van der Waals surface area contributed by atoms with E-state index >= 15 is 0 Å². The fourth-order valence-electron chi connectivity index (χ4n) is 2.06. The number of fused-ring (bicyclic) bond motifs is 1. The monoisotopic (exact) mass is 295 g/mol. The molecule has 0 fully saturated rings. The van der Waals surface area contributed by atoms with Crippen LogP contribution in [-0.2, 0) is 0 Å². The van der Waals surface area contributed by atoms with Gasteiger partial charge < -0.3 is 9.72 Å². The number of imidazole rings is 1. The van der Waals surface area contributed by atoms with Gasteiger partial charge in [0.15, 0.2) is 0 Å². The van der Waals surface area contributed by atoms with Crippen LogP contribution >= 0.6 is 11.3 Å². The van der Waals surface area contributed by atoms with Crippen LogP contribution in [0.25, 0.3) is 22.7 Å². The number of aromatic nitrogens is 2. The molecular formula is C16H13N3OS. The van der Waals surface area contributed by atoms with Crippen molar-refractivity contribution in [2.75, 3.05) is 7.11 Å². The van der Waals surface area contributed by atoms with Crippen molar-refractivity contribution in [2.24, 2.45) is 0 Å². The van der Waals surface area contributed by atoms with Crippen LogP contribution in [-0.4, -0.2) is 17.1 Å². The summed E-state index contributed by atoms with van der Waals surface area (Å²) in [4.78, 5) is 8.72. The van der Waals surface area contributed by atoms with E-state index in [0.717, 1.165) is 27.2 Å². The van der Waals surface area contributed by atoms with Crippen molar-refractivity contribution < 1.29 is 4.74 Å². The zero-order valence-corrected chi connectivity index (χ0v) is 12.5. The summed E-state index contributed by atoms with van der Waals surface area (Å²) < 4.78 is 5.19. The van der Waals surface area contributed by atoms with Gasteiger partial charge in [0.25, 0.3) is 0 Å². The van der Waals surface area contributed by atoms with E-state index in [0.29, 0.717) is 11.4 Å². The van der Waals surface area contributed by atoms with Crippen LogP contribution in [0.5, 0.6) is 5.75 Å². The first kappa shape index (κ1) is 13.4. The van der Waals surface area contributed by atoms with Crippen LogP contribution in [0.2, 0.25) is 0 Å². The highest BCUT2D eigenvalue weighted by atomic mass is 32.1. The Morgan fingerprint density at radius 1 is 1.43 bits per heavy atom. The Kier molecular flexibility index (Phi) is 3.46. The Balaban J connectivity index is 2.08. The molecule has 0 saturated heterocycles. The molecule has 1 N–H and O–H groups in total. The molecule has 1 aromatic carbocycles. The Labute approximate surface area is 126 Å². The smallest absolute Gasteiger partial charge is 0.149 e. The van der Waals surface area contributed by atoms with Gasteiger partial charge in [-0.05, 0) is 42.1 Å². The first-order valence-corrected chi connectivity index (χ1v) is 7.29. The summed E-state index contributed by atoms with van der Waals surface area (Å²) >= 11 is 1.61. The third-order valence-corrected chi connectivity index (χ3v) is 4.21. The summed E-state index contributed by atoms with van der Waals surface area (Å²) in [5.74, 6) is 1.34. The third kappa shape index (κ3) is 2.54. The SMILES string of the molecule is COc1ccc2nc(/C(C#N)=C\c3sccc3C)[nH]c2c1. The lowest BCUT2D eigenvalue weighted by atomic mass is 10.2. The molecule has 2 heterocycles. The summed E-state index contributed by atoms with van der Waals surface area (Å²) in [5, 5.41) is 11.4. The molecule has 4 nitrogen and oxygen atoms in total. The molecule has 2 aromatic heterocycles. The fraction of sp³-hybridized carbons (Fsp3) is 0.125. The average Bonchev–Trinajstić information content (AvgIpc) is 3.09. The van der Waals surface area contributed by atoms with Gasteiger partial charge >= 0.3 is 0 Å². The van der Waals surface area contributed by atoms with E-state index in [1.54, 1.807) is 18.4 Å². The van der Waals surface area contributed by atoms with Crippen molar-refractivity contribution >= 4 is 34.0 Å². The number of thiophene rings is 1. The maximum atomic E-state index is 9.40. The number of nitriles is 1. The quantitative estimate of drug-likeness (QED) is 0.743. The maximum Gasteiger partial charge on any atom is 0.149 e. The largest absolute Gasteiger partial charge is 0.497 e. The van der Waals surface area contributed by atoms with Gasteiger partial charge in [-0.2, -0.15) is 5.26 Å². The molecule has 5 heteroatoms. The second-order valence-corrected chi connectivity index (χ2v) is 5.55. The number of hydrogen-bond acceptors (Lipinski definition) is 4. The molecule has 0 bridgehead atoms. The molecule has 0 radical (unpaired) electrons. The van der Waals surface area contributed by atoms with E-state index in [1.165, 1.54) is 0 Å². The number of ether oxygens (including phenoxy) is 1. The molecule has 0 aliphatic heterocycles. The number of nitrogens with one attached hydrogen (secondary N) is 1. The van der Waals surface area contributed by atoms with Crippen LogP contribution in [0.1, 0.15) is 16.3 Å². The highest BCUT2D eigenvalue weighted by molar-refractivity contribution is 7.11. The van der Waals surface area contributed by atoms with E-state index in [-0.39, 0.29) is 0 Å². The molecular weight excluding hydrogens is 282 g/mol. The highest BCUT2D eigenvalue weighted by Crippen LogP contribution is 2.25. The molecule has 0 spiro atoms. The second-order valence-electron chi connectivity index (χ2n) is 4.61. The zero-order chi connectivity index (χ0) is 14.8. The standard InChI is InChI=1S/C16H13N3OS/c1-10-5-6-21-15(10)7-11(9-17)16-18-13-4-3-12(20-2)8-14(13)19-16/h3-8H,1-2H3,(H,18,19)/b11-7-. The molecule has 104 valence electrons. The number of hydrogen-bond donors (Lipinski definition) is 1. The Hall–Kier alpha value is -2.58. The number of rotatable bonds is 3. The van der Waals surface area contributed by atoms with Gasteiger partial charge in [0.05, 0.1) is 23.7 Å². The summed E-state index contributed by atoms with van der Waals surface area (Å²) in [6.07, 6.45) is 1.87. The number of methoxy groups -OCH3 is 1. The third-order valence-electron chi connectivity index (χ3n) is 3.24. The van der Waals surface area contributed by atoms with Gasteiger partial charge in [0.1, 0.15) is 17.6 Å². The Morgan fingerprint density at radius 2 is 2.29 bits per heavy atom. The molecule has 0 aliphatic rings. The lowest BCUT2D eigenvalue weighted by Gasteiger charge is -1.96. The van der Waals surface area contributed by atoms with Crippen LogP contribution < -0.4 is 4.74 Å². The molecule has 0 atom stereocenters. The average molecular weight is 295 g/mol. The summed E-state index contributed by atoms with van der Waals surface area (Å²) in [6.45, 7) is 2.03. The Morgan fingerprint density at radius 3 is 2.95 bits per heavy atom. The van der Waals surface area contributed by atoms with Gasteiger partial charge in [-0.1, -0.05) is 0 Å². The molecule has 3 aromatic rings. The van der Waals surface area contributed by atoms with Gasteiger partial charge in [0, 0.05) is 10.9 Å². The minimum absolute atomic E-state index is 0.524. The van der Waals surface area contributed by atoms with Crippen molar-refractivity contribution in [3.05, 3.63) is 45.9 Å². The minimum Gasteiger partial charge on any atom is -0.497 e. The van der Waals surface area contributed by atoms with Crippen LogP contribution in [0.15, 0.2) is 29.6 Å². The van der Waals surface area contributed by atoms with Gasteiger partial charge in [0.2, 0.25) is 0 Å². The highest BCUT2D eigenvalue weighted by Gasteiger charge is 2.09. The van der Waals surface area contributed by atoms with Crippen molar-refractivity contribution in [1.82, 2.24) is 9.97 Å². The van der Waals surface area contributed by atoms with E-state index in [1.807, 2.05) is 42.6 Å². The van der Waals surface area contributed by atoms with Crippen molar-refractivity contribution in [3.63, 3.8) is 0 Å². The van der Waals surface area contributed by atoms with Crippen molar-refractivity contribution in [2.45, 2.75) is 6.92 Å². The zero-order valence-electron chi connectivity index (χ0n) is 11.7. The molecule has 0 amide bonds. The van der Waals surface area contributed by atoms with Crippen molar-refractivity contribution in [3.8, 4) is 11.8 Å². The molecule has 0 aliphatic carbocycles. The number of benzene rings is 1. The lowest BCUT2D eigenvalue weighted by molar-refractivity contribution is 0.415. The lowest BCUT2D eigenvalue weighted by Crippen LogP contribution is -1.84. The topological polar surface area (TPSA) is 61.7 Å². The van der Waals surface area contributed by atoms with Gasteiger partial charge in [-0.15, -0.1) is 11.3 Å². The van der Waals surface area contributed by atoms with Crippen molar-refractivity contribution in [1.29, 1.82) is 5.26 Å². The first-order chi connectivity index (χ1) is 10.2. The maximum absolute atomic E-state index is 9.40. The van der Waals surface area contributed by atoms with E-state index in [4.69, 9.17) is 4.74 Å². The van der Waals surface area contributed by atoms with E-state index in [9.17, 15) is 5.26 Å². The number of aryl methyl sites for hydroxylation is 1. The van der Waals surface area contributed by atoms with Crippen LogP contribution in [0, 0.1) is 18.3 Å². The van der Waals surface area contributed by atoms with E-state index in [2.05, 4.69) is 16.0 Å². The number of aromatic amines is 1.